The van der Waals surface area contributed by atoms with Crippen LogP contribution in [0, 0.1) is 57.5 Å². The number of aliphatic hydroxyl groups excluding tert-OH is 3. The van der Waals surface area contributed by atoms with Crippen molar-refractivity contribution in [2.75, 3.05) is 55.4 Å². The second kappa shape index (κ2) is 40.3. The van der Waals surface area contributed by atoms with Crippen molar-refractivity contribution in [3.63, 3.8) is 0 Å². The summed E-state index contributed by atoms with van der Waals surface area (Å²) in [7, 11) is -13.6. The molecule has 3 fully saturated rings. The summed E-state index contributed by atoms with van der Waals surface area (Å²) < 4.78 is 180. The topological polar surface area (TPSA) is 575 Å². The quantitative estimate of drug-likeness (QED) is 0.00913. The first kappa shape index (κ1) is 86.5. The lowest BCUT2D eigenvalue weighted by Gasteiger charge is -2.28. The Morgan fingerprint density at radius 2 is 0.894 bits per heavy atom. The Bertz CT molecular complexity index is 6070. The van der Waals surface area contributed by atoms with Crippen LogP contribution in [0.1, 0.15) is 89.2 Å². The summed E-state index contributed by atoms with van der Waals surface area (Å²) in [6.45, 7) is 4.87. The number of ether oxygens (including phenoxy) is 6. The zero-order valence-corrected chi connectivity index (χ0v) is 71.7. The summed E-state index contributed by atoms with van der Waals surface area (Å²) in [5.41, 5.74) is 28.7. The Labute approximate surface area is 725 Å². The smallest absolute Gasteiger partial charge is 0.380 e. The van der Waals surface area contributed by atoms with Crippen molar-refractivity contribution < 1.29 is 112 Å². The van der Waals surface area contributed by atoms with Gasteiger partial charge in [0, 0.05) is 28.5 Å². The molecule has 18 atom stereocenters. The summed E-state index contributed by atoms with van der Waals surface area (Å²) in [5, 5.41) is 39.7. The Kier molecular flexibility index (Phi) is 28.3. The molecule has 0 radical (unpaired) electrons. The average molecular weight is 1830 g/mol. The maximum atomic E-state index is 14.9. The Hall–Kier alpha value is -10.1. The van der Waals surface area contributed by atoms with Crippen molar-refractivity contribution >= 4 is 127 Å². The van der Waals surface area contributed by atoms with Crippen molar-refractivity contribution in [2.24, 2.45) is 35.0 Å². The van der Waals surface area contributed by atoms with Gasteiger partial charge >= 0.3 is 40.7 Å². The largest absolute Gasteiger partial charge is 0.463 e. The third-order valence-corrected chi connectivity index (χ3v) is 24.0. The summed E-state index contributed by atoms with van der Waals surface area (Å²) in [6.07, 6.45) is -14.8. The molecule has 0 saturated carbocycles. The molecule has 660 valence electrons. The van der Waals surface area contributed by atoms with Gasteiger partial charge in [0.2, 0.25) is 17.8 Å². The number of benzene rings is 3. The summed E-state index contributed by atoms with van der Waals surface area (Å²) >= 11 is 17.0. The lowest BCUT2D eigenvalue weighted by atomic mass is 9.92. The number of fused-ring (bicyclic) bond motifs is 3. The third-order valence-electron chi connectivity index (χ3n) is 18.2. The second-order valence-corrected chi connectivity index (χ2v) is 35.4. The number of H-pyrrole nitrogens is 2. The number of para-hydroxylation sites is 3. The van der Waals surface area contributed by atoms with Gasteiger partial charge in [-0.2, -0.15) is 15.0 Å². The molecule has 0 spiro atoms. The molecule has 0 aliphatic carbocycles. The van der Waals surface area contributed by atoms with Gasteiger partial charge in [-0.3, -0.25) is 56.6 Å². The highest BCUT2D eigenvalue weighted by molar-refractivity contribution is 7.55. The third kappa shape index (κ3) is 22.6. The van der Waals surface area contributed by atoms with Gasteiger partial charge in [-0.15, -0.1) is 0 Å². The lowest BCUT2D eigenvalue weighted by Crippen LogP contribution is -2.53. The molecule has 12 rings (SSSR count). The van der Waals surface area contributed by atoms with Gasteiger partial charge in [0.25, 0.3) is 11.1 Å². The number of carbonyl (C=O) groups is 3. The van der Waals surface area contributed by atoms with Gasteiger partial charge in [-0.25, -0.2) is 28.1 Å². The van der Waals surface area contributed by atoms with E-state index in [0.29, 0.717) is 5.52 Å². The fraction of sp³-hybridized carbons (Fsp3) is 0.429. The van der Waals surface area contributed by atoms with Crippen LogP contribution in [0.5, 0.6) is 17.2 Å². The summed E-state index contributed by atoms with van der Waals surface area (Å²) in [5.74, 6) is 0.447. The van der Waals surface area contributed by atoms with E-state index in [1.165, 1.54) is 91.1 Å². The molecule has 39 nitrogen and oxygen atoms in total. The molecule has 46 heteroatoms. The van der Waals surface area contributed by atoms with E-state index in [-0.39, 0.29) is 57.4 Å². The van der Waals surface area contributed by atoms with E-state index in [4.69, 9.17) is 133 Å². The molecule has 3 unspecified atom stereocenters. The Balaban J connectivity index is 0.000000201. The number of halogens is 4. The zero-order chi connectivity index (χ0) is 95.2. The average Bonchev–Trinajstić information content (AvgIpc) is 1.58. The molecule has 3 aromatic carbocycles. The van der Waals surface area contributed by atoms with Gasteiger partial charge in [0.05, 0.1) is 100 Å². The molecule has 3 aliphatic heterocycles. The molecule has 3 saturated heterocycles. The van der Waals surface area contributed by atoms with Crippen LogP contribution in [-0.2, 0) is 70.1 Å². The number of imidazole rings is 1. The minimum Gasteiger partial charge on any atom is -0.463 e. The van der Waals surface area contributed by atoms with Gasteiger partial charge < -0.3 is 96.3 Å². The highest BCUT2D eigenvalue weighted by atomic mass is 35.5. The molecule has 6 aromatic heterocycles. The number of nitrogens with zero attached hydrogens (tertiary/aromatic N) is 8. The number of aromatic amines is 2. The van der Waals surface area contributed by atoms with Crippen LogP contribution in [0.25, 0.3) is 33.2 Å². The highest BCUT2D eigenvalue weighted by Crippen LogP contribution is 2.55. The fourth-order valence-electron chi connectivity index (χ4n) is 12.4. The van der Waals surface area contributed by atoms with Gasteiger partial charge in [-0.05, 0) is 119 Å². The number of nitrogens with one attached hydrogen (secondary N) is 2. The molecule has 9 aromatic rings. The van der Waals surface area contributed by atoms with E-state index >= 15 is 0 Å². The number of anilines is 3. The second-order valence-electron chi connectivity index (χ2n) is 28.9. The maximum absolute atomic E-state index is 14.9. The fourth-order valence-corrected chi connectivity index (χ4v) is 18.1. The Morgan fingerprint density at radius 3 is 1.27 bits per heavy atom. The first-order chi connectivity index (χ1) is 60.3. The van der Waals surface area contributed by atoms with Crippen molar-refractivity contribution in [2.45, 2.75) is 153 Å². The van der Waals surface area contributed by atoms with Crippen molar-refractivity contribution in [1.29, 1.82) is 0 Å². The zero-order valence-electron chi connectivity index (χ0n) is 72.7. The van der Waals surface area contributed by atoms with Crippen LogP contribution in [0.2, 0.25) is 0 Å². The SMILES string of the molecule is [2H]C([2H])(O[P@@](=O)(C[C@@H](C)C(=O)OC(C)C)Oc1ccccc1)[C@H]1O[C@@H](n2cc(F)c3c(=O)[nH]c(N)nc32)C(N)(C#CCl)[C@H]1O.[2H]C([2H])(O[P@@](=O)(C[C@@H](C)C(=O)OC(C)C)Oc1ccccc1)[C@H]1O[C@@H](n2ccc3c(=O)[nH]c(N)nc32)C(N)(C#CCl)[C@H]1O.[2H]C([2H])(O[P@@](=O)(C[C@@H](C)C(=O)OC(C)C)Oc1ccccc1)[C@H]1O[C@@H](n2cnc3cnc(N)nc32)C(N)(C#CCl)[C@H]1O. The number of carbonyl (C=O) groups excluding carboxylic acids is 3. The predicted molar refractivity (Wildman–Crippen MR) is 448 cm³/mol. The standard InChI is InChI=1S/C26H30ClFN5O8P.C26H31ClN5O8P.C25H30ClN6O7P/c1-14(2)39-23(36)15(3)13-42(37,41-16-7-5-4-6-8-16)38-12-18-20(34)26(30,9-10-27)24(40-18)33-11-17(28)19-21(33)31-25(29)32-22(19)35;1-15(2)38-23(35)16(3)14-41(36,40-17-7-5-4-6-8-17)37-13-19-20(33)26(29,10-11-27)24(39-19)32-12-9-18-21(32)30-25(28)31-22(18)34;1-15(2)37-22(34)16(3)13-40(35,39-17-7-5-4-6-8-17)36-12-19-20(33)25(28,9-10-26)23(38-19)32-14-30-18-11-29-24(27)31-21(18)32/h4-8,11,14-15,18,20,24,34H,12-13,30H2,1-3H3,(H3,29,31,32,35);4-9,12,15-16,19-20,24,33H,13-14,29H2,1-3H3,(H3,28,30,31,34);4-8,11,14-16,19-20,23,33H,12-13,28H2,1-3H3,(H2,27,29,31)/t15-,18-,20+,24-,26?,42+;16-,19-,20+,24-,26?,41+;16-,19-,20+,23-,25?,40+/m111/s1/i12D2;13D2;12D2. The van der Waals surface area contributed by atoms with Gasteiger partial charge in [-0.1, -0.05) is 93.1 Å². The maximum Gasteiger partial charge on any atom is 0.380 e. The van der Waals surface area contributed by atoms with Crippen molar-refractivity contribution in [1.82, 2.24) is 48.6 Å². The van der Waals surface area contributed by atoms with E-state index in [1.54, 1.807) is 96.1 Å². The number of esters is 3. The molecule has 3 aliphatic rings. The summed E-state index contributed by atoms with van der Waals surface area (Å²) in [6, 6.07) is 24.8. The van der Waals surface area contributed by atoms with Crippen LogP contribution >= 0.6 is 57.6 Å². The van der Waals surface area contributed by atoms with E-state index < -0.39 is 209 Å². The van der Waals surface area contributed by atoms with Crippen molar-refractivity contribution in [3.05, 3.63) is 149 Å². The number of aromatic nitrogens is 10. The number of hydrogen-bond donors (Lipinski definition) is 11. The first-order valence-electron chi connectivity index (χ1n) is 40.2. The molecule has 0 bridgehead atoms. The van der Waals surface area contributed by atoms with Crippen LogP contribution in [0.3, 0.4) is 0 Å². The molecule has 9 heterocycles. The predicted octanol–water partition coefficient (Wildman–Crippen LogP) is 7.26. The number of nitrogens with two attached hydrogens (primary N) is 6. The van der Waals surface area contributed by atoms with Crippen LogP contribution in [0.15, 0.2) is 132 Å². The van der Waals surface area contributed by atoms with E-state index in [1.807, 2.05) is 5.38 Å². The molecule has 123 heavy (non-hydrogen) atoms. The minimum atomic E-state index is -4.60. The normalized spacial score (nSPS) is 25.5. The molecular formula is C77H91Cl3FN16O23P3. The number of nitrogen functional groups attached to an aromatic ring is 3. The molecular weight excluding hydrogens is 1740 g/mol. The number of rotatable bonds is 30. The summed E-state index contributed by atoms with van der Waals surface area (Å²) in [4.78, 5) is 87.1. The Morgan fingerprint density at radius 1 is 0.537 bits per heavy atom. The van der Waals surface area contributed by atoms with E-state index in [9.17, 15) is 57.4 Å². The monoisotopic (exact) mass is 1830 g/mol. The van der Waals surface area contributed by atoms with Crippen LogP contribution < -0.4 is 59.1 Å². The molecule has 17 N–H and O–H groups in total. The lowest BCUT2D eigenvalue weighted by molar-refractivity contribution is -0.152. The van der Waals surface area contributed by atoms with Crippen molar-refractivity contribution in [3.8, 4) is 51.1 Å². The van der Waals surface area contributed by atoms with E-state index in [0.717, 1.165) is 10.8 Å². The number of hydrogen-bond acceptors (Lipinski definition) is 34. The van der Waals surface area contributed by atoms with E-state index in [2.05, 4.69) is 63.4 Å². The minimum absolute atomic E-state index is 0.00218. The first-order valence-corrected chi connectivity index (χ1v) is 43.5. The van der Waals surface area contributed by atoms with Gasteiger partial charge in [0.15, 0.2) is 58.1 Å². The molecule has 0 amide bonds. The van der Waals surface area contributed by atoms with Gasteiger partial charge in [0.1, 0.15) is 64.8 Å². The van der Waals surface area contributed by atoms with Crippen LogP contribution in [-0.4, -0.2) is 192 Å². The highest BCUT2D eigenvalue weighted by Gasteiger charge is 2.59. The van der Waals surface area contributed by atoms with Crippen LogP contribution in [0.4, 0.5) is 22.2 Å². The number of aliphatic hydroxyl groups is 3.